The molecule has 8 aromatic carbocycles. The van der Waals surface area contributed by atoms with Crippen LogP contribution in [0.25, 0.3) is 33.3 Å². The smallest absolute Gasteiger partial charge is 0.200 e. The van der Waals surface area contributed by atoms with Gasteiger partial charge < -0.3 is 18.6 Å². The summed E-state index contributed by atoms with van der Waals surface area (Å²) in [6, 6.07) is 64.1. The average Bonchev–Trinajstić information content (AvgIpc) is 4.33. The maximum atomic E-state index is 7.52. The first kappa shape index (κ1) is 55.4. The SMILES string of the molecule is CC(C)(C)c1ccc(N(c2ccc(C(C)(C)C)cc2)c2cc3c(c4oc(C(C)(C)C)nc24)-c2c(cc(N(c4ccc(C(C)(C)C)cc4)c4ccc(C(C)(C)C)cc4)c4nc(C(C)(C)C)oc24)[Si]3(c2ccccc2)c2ccccc2)cc1. The molecule has 2 aromatic heterocycles. The summed E-state index contributed by atoms with van der Waals surface area (Å²) in [6.07, 6.45) is 0. The van der Waals surface area contributed by atoms with Crippen molar-refractivity contribution in [3.8, 4) is 11.1 Å². The van der Waals surface area contributed by atoms with E-state index in [1.165, 1.54) is 43.0 Å². The van der Waals surface area contributed by atoms with Gasteiger partial charge >= 0.3 is 0 Å². The zero-order valence-corrected chi connectivity index (χ0v) is 52.3. The number of benzene rings is 8. The summed E-state index contributed by atoms with van der Waals surface area (Å²) in [5.74, 6) is 1.34. The van der Waals surface area contributed by atoms with E-state index in [2.05, 4.69) is 304 Å². The molecular weight excluding hydrogens is 1000 g/mol. The van der Waals surface area contributed by atoms with Gasteiger partial charge in [0.1, 0.15) is 11.0 Å². The molecule has 7 heteroatoms. The van der Waals surface area contributed by atoms with Gasteiger partial charge in [0, 0.05) is 44.7 Å². The Balaban J connectivity index is 1.33. The van der Waals surface area contributed by atoms with E-state index in [9.17, 15) is 0 Å². The minimum atomic E-state index is -3.46. The molecular formula is C74H82N4O2Si. The Labute approximate surface area is 483 Å². The second kappa shape index (κ2) is 19.3. The zero-order valence-electron chi connectivity index (χ0n) is 51.3. The summed E-state index contributed by atoms with van der Waals surface area (Å²) < 4.78 is 15.0. The fourth-order valence-electron chi connectivity index (χ4n) is 11.8. The van der Waals surface area contributed by atoms with Crippen molar-refractivity contribution in [2.24, 2.45) is 0 Å². The van der Waals surface area contributed by atoms with Gasteiger partial charge in [0.15, 0.2) is 19.2 Å². The highest BCUT2D eigenvalue weighted by atomic mass is 28.3. The Morgan fingerprint density at radius 1 is 0.321 bits per heavy atom. The van der Waals surface area contributed by atoms with E-state index < -0.39 is 18.9 Å². The van der Waals surface area contributed by atoms with Gasteiger partial charge in [-0.15, -0.1) is 0 Å². The number of hydrogen-bond donors (Lipinski definition) is 0. The maximum absolute atomic E-state index is 7.52. The molecule has 0 fully saturated rings. The predicted octanol–water partition coefficient (Wildman–Crippen LogP) is 18.1. The fraction of sp³-hybridized carbons (Fsp3) is 0.324. The third kappa shape index (κ3) is 9.73. The van der Waals surface area contributed by atoms with Crippen LogP contribution in [-0.2, 0) is 32.5 Å². The van der Waals surface area contributed by atoms with Crippen LogP contribution in [0.5, 0.6) is 0 Å². The molecule has 0 atom stereocenters. The van der Waals surface area contributed by atoms with E-state index in [1.54, 1.807) is 0 Å². The molecule has 11 rings (SSSR count). The van der Waals surface area contributed by atoms with Crippen LogP contribution in [0.2, 0.25) is 0 Å². The molecule has 0 saturated heterocycles. The first-order valence-corrected chi connectivity index (χ1v) is 31.1. The second-order valence-electron chi connectivity index (χ2n) is 28.9. The van der Waals surface area contributed by atoms with E-state index in [4.69, 9.17) is 18.8 Å². The number of rotatable bonds is 8. The molecule has 0 radical (unpaired) electrons. The van der Waals surface area contributed by atoms with Crippen LogP contribution >= 0.6 is 0 Å². The lowest BCUT2D eigenvalue weighted by Gasteiger charge is -2.34. The largest absolute Gasteiger partial charge is 0.439 e. The molecule has 6 nitrogen and oxygen atoms in total. The highest BCUT2D eigenvalue weighted by molar-refractivity contribution is 7.22. The standard InChI is InChI=1S/C74H82N4O2Si/c1-69(2,3)47-29-37-51(38-30-47)77(52-39-31-48(32-40-52)70(4,5)6)57-45-59-61(65-63(57)75-67(79-65)73(13,14)15)62-60(81(59,55-25-21-19-22-26-55)56-27-23-20-24-28-56)46-58(64-66(62)80-68(76-64)74(16,17)18)78(53-41-33-49(34-42-53)71(7,8)9)54-43-35-50(36-44-54)72(10,11)12/h19-46H,1-18H3. The molecule has 3 heterocycles. The summed E-state index contributed by atoms with van der Waals surface area (Å²) in [7, 11) is -3.46. The third-order valence-electron chi connectivity index (χ3n) is 16.5. The van der Waals surface area contributed by atoms with Gasteiger partial charge in [-0.3, -0.25) is 0 Å². The topological polar surface area (TPSA) is 58.5 Å². The minimum absolute atomic E-state index is 0.0340. The van der Waals surface area contributed by atoms with Gasteiger partial charge in [0.25, 0.3) is 0 Å². The number of nitrogens with zero attached hydrogens (tertiary/aromatic N) is 4. The quantitative estimate of drug-likeness (QED) is 0.141. The van der Waals surface area contributed by atoms with Gasteiger partial charge in [-0.05, 0) is 125 Å². The van der Waals surface area contributed by atoms with Crippen molar-refractivity contribution < 1.29 is 8.83 Å². The van der Waals surface area contributed by atoms with E-state index in [0.717, 1.165) is 67.5 Å². The highest BCUT2D eigenvalue weighted by Crippen LogP contribution is 2.50. The molecule has 0 bridgehead atoms. The summed E-state index contributed by atoms with van der Waals surface area (Å²) in [5, 5.41) is 4.92. The Morgan fingerprint density at radius 2 is 0.580 bits per heavy atom. The second-order valence-corrected chi connectivity index (χ2v) is 32.6. The van der Waals surface area contributed by atoms with Gasteiger partial charge in [-0.25, -0.2) is 9.97 Å². The zero-order chi connectivity index (χ0) is 58.0. The number of aromatic nitrogens is 2. The first-order chi connectivity index (χ1) is 38.0. The van der Waals surface area contributed by atoms with E-state index in [0.29, 0.717) is 11.8 Å². The van der Waals surface area contributed by atoms with Crippen LogP contribution in [0.3, 0.4) is 0 Å². The van der Waals surface area contributed by atoms with Crippen LogP contribution in [0.1, 0.15) is 159 Å². The van der Waals surface area contributed by atoms with E-state index in [-0.39, 0.29) is 21.7 Å². The number of oxazole rings is 2. The Hall–Kier alpha value is -7.48. The maximum Gasteiger partial charge on any atom is 0.200 e. The molecule has 0 aliphatic carbocycles. The van der Waals surface area contributed by atoms with Crippen LogP contribution in [-0.4, -0.2) is 18.0 Å². The molecule has 1 aliphatic heterocycles. The molecule has 0 N–H and O–H groups in total. The molecule has 81 heavy (non-hydrogen) atoms. The van der Waals surface area contributed by atoms with Gasteiger partial charge in [-0.1, -0.05) is 234 Å². The molecule has 0 spiro atoms. The normalized spacial score (nSPS) is 13.9. The van der Waals surface area contributed by atoms with Gasteiger partial charge in [0.2, 0.25) is 11.8 Å². The Kier molecular flexibility index (Phi) is 13.2. The summed E-state index contributed by atoms with van der Waals surface area (Å²) in [5.41, 5.74) is 15.2. The number of anilines is 6. The van der Waals surface area contributed by atoms with Crippen molar-refractivity contribution in [2.45, 2.75) is 157 Å². The summed E-state index contributed by atoms with van der Waals surface area (Å²) in [4.78, 5) is 16.2. The highest BCUT2D eigenvalue weighted by Gasteiger charge is 2.53. The lowest BCUT2D eigenvalue weighted by Crippen LogP contribution is -2.72. The molecule has 414 valence electrons. The lowest BCUT2D eigenvalue weighted by atomic mass is 9.86. The molecule has 0 saturated carbocycles. The lowest BCUT2D eigenvalue weighted by molar-refractivity contribution is 0.410. The molecule has 1 aliphatic rings. The van der Waals surface area contributed by atoms with Crippen LogP contribution in [0.4, 0.5) is 34.1 Å². The Bertz CT molecular complexity index is 3560. The fourth-order valence-corrected chi connectivity index (χ4v) is 17.0. The third-order valence-corrected chi connectivity index (χ3v) is 21.3. The predicted molar refractivity (Wildman–Crippen MR) is 346 cm³/mol. The van der Waals surface area contributed by atoms with Crippen LogP contribution < -0.4 is 30.5 Å². The molecule has 0 amide bonds. The van der Waals surface area contributed by atoms with Crippen molar-refractivity contribution in [1.82, 2.24) is 9.97 Å². The molecule has 10 aromatic rings. The van der Waals surface area contributed by atoms with Crippen molar-refractivity contribution in [3.05, 3.63) is 204 Å². The minimum Gasteiger partial charge on any atom is -0.439 e. The Morgan fingerprint density at radius 3 is 0.815 bits per heavy atom. The summed E-state index contributed by atoms with van der Waals surface area (Å²) >= 11 is 0. The number of fused-ring (bicyclic) bond motifs is 7. The van der Waals surface area contributed by atoms with E-state index >= 15 is 0 Å². The molecule has 0 unspecified atom stereocenters. The van der Waals surface area contributed by atoms with Crippen molar-refractivity contribution in [1.29, 1.82) is 0 Å². The summed E-state index contributed by atoms with van der Waals surface area (Å²) in [6.45, 7) is 40.5. The van der Waals surface area contributed by atoms with Crippen LogP contribution in [0.15, 0.2) is 179 Å². The van der Waals surface area contributed by atoms with Crippen LogP contribution in [0, 0.1) is 0 Å². The van der Waals surface area contributed by atoms with Crippen molar-refractivity contribution in [3.63, 3.8) is 0 Å². The first-order valence-electron chi connectivity index (χ1n) is 29.1. The van der Waals surface area contributed by atoms with Gasteiger partial charge in [-0.2, -0.15) is 0 Å². The average molecular weight is 1090 g/mol. The number of hydrogen-bond acceptors (Lipinski definition) is 6. The van der Waals surface area contributed by atoms with Crippen molar-refractivity contribution >= 4 is 85.1 Å². The van der Waals surface area contributed by atoms with Crippen molar-refractivity contribution in [2.75, 3.05) is 9.80 Å². The van der Waals surface area contributed by atoms with E-state index in [1.807, 2.05) is 0 Å². The van der Waals surface area contributed by atoms with Gasteiger partial charge in [0.05, 0.1) is 11.4 Å². The monoisotopic (exact) mass is 1090 g/mol.